The molecule has 4 nitrogen and oxygen atoms in total. The van der Waals surface area contributed by atoms with E-state index in [9.17, 15) is 0 Å². The van der Waals surface area contributed by atoms with Gasteiger partial charge in [-0.3, -0.25) is 0 Å². The van der Waals surface area contributed by atoms with Crippen molar-refractivity contribution in [3.05, 3.63) is 60.4 Å². The van der Waals surface area contributed by atoms with E-state index in [4.69, 9.17) is 5.73 Å². The van der Waals surface area contributed by atoms with Gasteiger partial charge in [-0.25, -0.2) is 9.97 Å². The first-order valence-corrected chi connectivity index (χ1v) is 7.11. The fourth-order valence-corrected chi connectivity index (χ4v) is 2.36. The number of nitrogens with two attached hydrogens (primary N) is 1. The van der Waals surface area contributed by atoms with Crippen molar-refractivity contribution in [2.75, 3.05) is 17.6 Å². The lowest BCUT2D eigenvalue weighted by atomic mass is 10.1. The molecule has 0 atom stereocenters. The second-order valence-electron chi connectivity index (χ2n) is 5.01. The Balaban J connectivity index is 1.63. The molecule has 1 aromatic heterocycles. The van der Waals surface area contributed by atoms with Crippen LogP contribution in [0.4, 0.5) is 11.5 Å². The number of fused-ring (bicyclic) bond motifs is 1. The molecular formula is C17H18N4. The first kappa shape index (κ1) is 13.4. The Morgan fingerprint density at radius 1 is 1.00 bits per heavy atom. The van der Waals surface area contributed by atoms with E-state index < -0.39 is 0 Å². The number of hydrogen-bond donors (Lipinski definition) is 2. The van der Waals surface area contributed by atoms with E-state index in [2.05, 4.69) is 39.6 Å². The lowest BCUT2D eigenvalue weighted by molar-refractivity contribution is 0.859. The highest BCUT2D eigenvalue weighted by molar-refractivity contribution is 5.90. The number of aromatic nitrogens is 2. The molecule has 4 heteroatoms. The Morgan fingerprint density at radius 2 is 1.86 bits per heavy atom. The minimum Gasteiger partial charge on any atom is -0.399 e. The third kappa shape index (κ3) is 3.28. The lowest BCUT2D eigenvalue weighted by Crippen LogP contribution is -2.05. The number of anilines is 2. The van der Waals surface area contributed by atoms with Crippen LogP contribution in [0.5, 0.6) is 0 Å². The highest BCUT2D eigenvalue weighted by atomic mass is 15.0. The molecule has 0 spiro atoms. The van der Waals surface area contributed by atoms with Crippen LogP contribution in [0, 0.1) is 0 Å². The summed E-state index contributed by atoms with van der Waals surface area (Å²) in [6.07, 6.45) is 3.69. The summed E-state index contributed by atoms with van der Waals surface area (Å²) in [6, 6.07) is 16.2. The molecule has 0 saturated carbocycles. The summed E-state index contributed by atoms with van der Waals surface area (Å²) in [7, 11) is 0. The van der Waals surface area contributed by atoms with Gasteiger partial charge in [0.25, 0.3) is 0 Å². The molecule has 106 valence electrons. The van der Waals surface area contributed by atoms with Crippen molar-refractivity contribution in [2.24, 2.45) is 0 Å². The number of rotatable bonds is 5. The van der Waals surface area contributed by atoms with Crippen LogP contribution in [-0.4, -0.2) is 16.5 Å². The molecule has 0 aliphatic heterocycles. The molecule has 0 unspecified atom stereocenters. The normalized spacial score (nSPS) is 10.7. The van der Waals surface area contributed by atoms with Crippen LogP contribution < -0.4 is 11.1 Å². The van der Waals surface area contributed by atoms with Crippen molar-refractivity contribution >= 4 is 22.4 Å². The molecule has 21 heavy (non-hydrogen) atoms. The quantitative estimate of drug-likeness (QED) is 0.555. The summed E-state index contributed by atoms with van der Waals surface area (Å²) in [5.41, 5.74) is 8.73. The zero-order chi connectivity index (χ0) is 14.5. The van der Waals surface area contributed by atoms with Crippen LogP contribution >= 0.6 is 0 Å². The number of nitrogens with one attached hydrogen (secondary N) is 1. The minimum atomic E-state index is 0.719. The average molecular weight is 278 g/mol. The Hall–Kier alpha value is -2.62. The molecular weight excluding hydrogens is 260 g/mol. The van der Waals surface area contributed by atoms with Gasteiger partial charge in [-0.2, -0.15) is 0 Å². The molecule has 0 aliphatic carbocycles. The molecule has 0 amide bonds. The van der Waals surface area contributed by atoms with Crippen molar-refractivity contribution < 1.29 is 0 Å². The van der Waals surface area contributed by atoms with E-state index in [0.717, 1.165) is 41.8 Å². The fourth-order valence-electron chi connectivity index (χ4n) is 2.36. The zero-order valence-electron chi connectivity index (χ0n) is 11.8. The molecule has 1 heterocycles. The molecule has 0 bridgehead atoms. The maximum absolute atomic E-state index is 5.78. The topological polar surface area (TPSA) is 63.8 Å². The van der Waals surface area contributed by atoms with E-state index in [0.29, 0.717) is 0 Å². The van der Waals surface area contributed by atoms with Gasteiger partial charge in [-0.1, -0.05) is 30.3 Å². The Bertz CT molecular complexity index is 725. The monoisotopic (exact) mass is 278 g/mol. The second-order valence-corrected chi connectivity index (χ2v) is 5.01. The largest absolute Gasteiger partial charge is 0.399 e. The van der Waals surface area contributed by atoms with E-state index in [1.54, 1.807) is 6.33 Å². The average Bonchev–Trinajstić information content (AvgIpc) is 2.52. The highest BCUT2D eigenvalue weighted by Gasteiger charge is 2.03. The summed E-state index contributed by atoms with van der Waals surface area (Å²) < 4.78 is 0. The standard InChI is InChI=1S/C17H18N4/c18-14-8-9-15-16(11-14)20-12-21-17(15)19-10-4-7-13-5-2-1-3-6-13/h1-3,5-6,8-9,11-12H,4,7,10,18H2,(H,19,20,21). The zero-order valence-corrected chi connectivity index (χ0v) is 11.8. The van der Waals surface area contributed by atoms with Gasteiger partial charge in [-0.05, 0) is 36.6 Å². The Morgan fingerprint density at radius 3 is 2.71 bits per heavy atom. The molecule has 3 rings (SSSR count). The first-order chi connectivity index (χ1) is 10.3. The molecule has 0 radical (unpaired) electrons. The van der Waals surface area contributed by atoms with Gasteiger partial charge in [0.05, 0.1) is 5.52 Å². The van der Waals surface area contributed by atoms with E-state index in [1.807, 2.05) is 24.3 Å². The van der Waals surface area contributed by atoms with Crippen LogP contribution in [0.25, 0.3) is 10.9 Å². The van der Waals surface area contributed by atoms with Gasteiger partial charge < -0.3 is 11.1 Å². The minimum absolute atomic E-state index is 0.719. The number of hydrogen-bond acceptors (Lipinski definition) is 4. The van der Waals surface area contributed by atoms with Gasteiger partial charge in [0.15, 0.2) is 0 Å². The summed E-state index contributed by atoms with van der Waals surface area (Å²) in [4.78, 5) is 8.57. The summed E-state index contributed by atoms with van der Waals surface area (Å²) >= 11 is 0. The Kier molecular flexibility index (Phi) is 3.96. The highest BCUT2D eigenvalue weighted by Crippen LogP contribution is 2.21. The van der Waals surface area contributed by atoms with Crippen LogP contribution in [0.2, 0.25) is 0 Å². The van der Waals surface area contributed by atoms with Gasteiger partial charge in [0, 0.05) is 17.6 Å². The maximum atomic E-state index is 5.78. The van der Waals surface area contributed by atoms with E-state index in [1.165, 1.54) is 5.56 Å². The predicted octanol–water partition coefficient (Wildman–Crippen LogP) is 3.26. The van der Waals surface area contributed by atoms with E-state index in [-0.39, 0.29) is 0 Å². The third-order valence-corrected chi connectivity index (χ3v) is 3.44. The van der Waals surface area contributed by atoms with Gasteiger partial charge in [0.1, 0.15) is 12.1 Å². The second kappa shape index (κ2) is 6.22. The molecule has 0 saturated heterocycles. The van der Waals surface area contributed by atoms with Crippen molar-refractivity contribution in [1.29, 1.82) is 0 Å². The fraction of sp³-hybridized carbons (Fsp3) is 0.176. The lowest BCUT2D eigenvalue weighted by Gasteiger charge is -2.08. The van der Waals surface area contributed by atoms with Crippen molar-refractivity contribution in [1.82, 2.24) is 9.97 Å². The smallest absolute Gasteiger partial charge is 0.137 e. The predicted molar refractivity (Wildman–Crippen MR) is 87.2 cm³/mol. The summed E-state index contributed by atoms with van der Waals surface area (Å²) in [6.45, 7) is 0.880. The summed E-state index contributed by atoms with van der Waals surface area (Å²) in [5.74, 6) is 0.869. The maximum Gasteiger partial charge on any atom is 0.137 e. The van der Waals surface area contributed by atoms with Crippen LogP contribution in [0.3, 0.4) is 0 Å². The van der Waals surface area contributed by atoms with Crippen LogP contribution in [0.15, 0.2) is 54.9 Å². The summed E-state index contributed by atoms with van der Waals surface area (Å²) in [5, 5.41) is 4.39. The third-order valence-electron chi connectivity index (χ3n) is 3.44. The van der Waals surface area contributed by atoms with Crippen molar-refractivity contribution in [3.63, 3.8) is 0 Å². The number of nitrogen functional groups attached to an aromatic ring is 1. The number of aryl methyl sites for hydroxylation is 1. The van der Waals surface area contributed by atoms with Crippen LogP contribution in [0.1, 0.15) is 12.0 Å². The molecule has 2 aromatic carbocycles. The van der Waals surface area contributed by atoms with Crippen molar-refractivity contribution in [2.45, 2.75) is 12.8 Å². The number of benzene rings is 2. The van der Waals surface area contributed by atoms with Gasteiger partial charge in [0.2, 0.25) is 0 Å². The SMILES string of the molecule is Nc1ccc2c(NCCCc3ccccc3)ncnc2c1. The van der Waals surface area contributed by atoms with E-state index >= 15 is 0 Å². The number of nitrogens with zero attached hydrogens (tertiary/aromatic N) is 2. The van der Waals surface area contributed by atoms with Gasteiger partial charge in [-0.15, -0.1) is 0 Å². The first-order valence-electron chi connectivity index (χ1n) is 7.11. The molecule has 3 aromatic rings. The van der Waals surface area contributed by atoms with Gasteiger partial charge >= 0.3 is 0 Å². The molecule has 0 fully saturated rings. The molecule has 3 N–H and O–H groups in total. The van der Waals surface area contributed by atoms with Crippen LogP contribution in [-0.2, 0) is 6.42 Å². The molecule has 0 aliphatic rings. The van der Waals surface area contributed by atoms with Crippen molar-refractivity contribution in [3.8, 4) is 0 Å². The Labute approximate surface area is 124 Å².